The summed E-state index contributed by atoms with van der Waals surface area (Å²) < 4.78 is 58.7. The molecule has 7 nitrogen and oxygen atoms in total. The number of anilines is 2. The van der Waals surface area contributed by atoms with Gasteiger partial charge in [-0.1, -0.05) is 18.0 Å². The van der Waals surface area contributed by atoms with Crippen LogP contribution in [0.2, 0.25) is 0 Å². The Morgan fingerprint density at radius 3 is 2.47 bits per heavy atom. The monoisotopic (exact) mass is 500 g/mol. The zero-order valence-corrected chi connectivity index (χ0v) is 19.7. The number of rotatable bonds is 5. The van der Waals surface area contributed by atoms with Crippen LogP contribution in [0.15, 0.2) is 30.5 Å². The second-order valence-electron chi connectivity index (χ2n) is 8.51. The molecule has 1 aromatic heterocycles. The van der Waals surface area contributed by atoms with E-state index in [4.69, 9.17) is 0 Å². The van der Waals surface area contributed by atoms with E-state index in [0.717, 1.165) is 11.6 Å². The fraction of sp³-hybridized carbons (Fsp3) is 0.545. The molecule has 2 aliphatic heterocycles. The first kappa shape index (κ1) is 24.6. The molecule has 4 rings (SSSR count). The van der Waals surface area contributed by atoms with Gasteiger partial charge in [0.05, 0.1) is 5.56 Å². The number of alkyl halides is 4. The summed E-state index contributed by atoms with van der Waals surface area (Å²) in [6.07, 6.45) is -1.47. The molecule has 3 heterocycles. The third-order valence-corrected chi connectivity index (χ3v) is 6.59. The Balaban J connectivity index is 1.39. The predicted molar refractivity (Wildman–Crippen MR) is 125 cm³/mol. The number of nitrogens with zero attached hydrogens (tertiary/aromatic N) is 5. The largest absolute Gasteiger partial charge is 0.418 e. The van der Waals surface area contributed by atoms with Crippen LogP contribution >= 0.6 is 11.9 Å². The molecule has 2 saturated heterocycles. The molecule has 0 atom stereocenters. The van der Waals surface area contributed by atoms with Gasteiger partial charge in [0, 0.05) is 70.0 Å². The van der Waals surface area contributed by atoms with Gasteiger partial charge in [-0.25, -0.2) is 9.18 Å². The van der Waals surface area contributed by atoms with Gasteiger partial charge in [-0.05, 0) is 30.5 Å². The van der Waals surface area contributed by atoms with Crippen molar-refractivity contribution in [1.82, 2.24) is 19.6 Å². The molecule has 0 spiro atoms. The molecule has 1 aromatic carbocycles. The molecule has 1 amide bonds. The maximum Gasteiger partial charge on any atom is 0.418 e. The molecule has 2 aromatic rings. The smallest absolute Gasteiger partial charge is 0.371 e. The van der Waals surface area contributed by atoms with Gasteiger partial charge in [-0.3, -0.25) is 4.90 Å². The van der Waals surface area contributed by atoms with E-state index >= 15 is 0 Å². The minimum atomic E-state index is -4.47. The van der Waals surface area contributed by atoms with Crippen LogP contribution in [0.3, 0.4) is 0 Å². The number of hydrogen-bond acceptors (Lipinski definition) is 6. The van der Waals surface area contributed by atoms with Crippen molar-refractivity contribution in [1.29, 1.82) is 0 Å². The lowest BCUT2D eigenvalue weighted by molar-refractivity contribution is -0.137. The zero-order valence-electron chi connectivity index (χ0n) is 18.9. The van der Waals surface area contributed by atoms with E-state index in [1.165, 1.54) is 22.7 Å². The fourth-order valence-electron chi connectivity index (χ4n) is 4.36. The van der Waals surface area contributed by atoms with Crippen LogP contribution in [0.5, 0.6) is 0 Å². The van der Waals surface area contributed by atoms with Crippen LogP contribution in [0, 0.1) is 0 Å². The Bertz CT molecular complexity index is 984. The van der Waals surface area contributed by atoms with Crippen LogP contribution in [0.25, 0.3) is 0 Å². The van der Waals surface area contributed by atoms with Gasteiger partial charge >= 0.3 is 12.2 Å². The van der Waals surface area contributed by atoms with Gasteiger partial charge in [0.25, 0.3) is 0 Å². The summed E-state index contributed by atoms with van der Waals surface area (Å²) in [5, 5.41) is 4.21. The highest BCUT2D eigenvalue weighted by atomic mass is 32.2. The van der Waals surface area contributed by atoms with Crippen LogP contribution < -0.4 is 9.62 Å². The topological polar surface area (TPSA) is 56.6 Å². The van der Waals surface area contributed by atoms with Gasteiger partial charge in [0.2, 0.25) is 0 Å². The standard InChI is InChI=1S/C22H28F4N6OS/c1-34-28-20-6-9-32(27-20)21(33)31-12-10-29(11-13-31)15-16-2-3-18(22(24,25)26)19(14-16)30-7-4-17(23)5-8-30/h2-3,6,9,14,17H,4-5,7-8,10-13,15H2,1H3,(H,27,28). The summed E-state index contributed by atoms with van der Waals surface area (Å²) in [6.45, 7) is 3.24. The number of piperazine rings is 1. The Hall–Kier alpha value is -2.47. The Morgan fingerprint density at radius 1 is 1.12 bits per heavy atom. The molecular formula is C22H28F4N6OS. The number of aromatic nitrogens is 2. The number of hydrogen-bond donors (Lipinski definition) is 1. The summed E-state index contributed by atoms with van der Waals surface area (Å²) in [5.41, 5.74) is 0.211. The first-order valence-corrected chi connectivity index (χ1v) is 12.4. The lowest BCUT2D eigenvalue weighted by Crippen LogP contribution is -2.49. The third kappa shape index (κ3) is 5.77. The molecule has 12 heteroatoms. The van der Waals surface area contributed by atoms with Gasteiger partial charge in [0.1, 0.15) is 6.17 Å². The molecule has 1 N–H and O–H groups in total. The summed E-state index contributed by atoms with van der Waals surface area (Å²) in [5.74, 6) is 0.605. The molecule has 34 heavy (non-hydrogen) atoms. The van der Waals surface area contributed by atoms with E-state index in [1.807, 2.05) is 6.26 Å². The number of carbonyl (C=O) groups excluding carboxylic acids is 1. The molecule has 0 aliphatic carbocycles. The van der Waals surface area contributed by atoms with Crippen molar-refractivity contribution in [3.8, 4) is 0 Å². The van der Waals surface area contributed by atoms with E-state index in [9.17, 15) is 22.4 Å². The normalized spacial score (nSPS) is 18.4. The summed E-state index contributed by atoms with van der Waals surface area (Å²) >= 11 is 1.39. The van der Waals surface area contributed by atoms with Gasteiger partial charge in [-0.2, -0.15) is 17.9 Å². The Labute approximate surface area is 200 Å². The van der Waals surface area contributed by atoms with E-state index in [0.29, 0.717) is 38.5 Å². The lowest BCUT2D eigenvalue weighted by Gasteiger charge is -2.35. The molecule has 0 unspecified atom stereocenters. The van der Waals surface area contributed by atoms with Crippen LogP contribution in [-0.4, -0.2) is 77.3 Å². The van der Waals surface area contributed by atoms with Crippen LogP contribution in [0.1, 0.15) is 24.0 Å². The fourth-order valence-corrected chi connectivity index (χ4v) is 4.67. The third-order valence-electron chi connectivity index (χ3n) is 6.17. The van der Waals surface area contributed by atoms with Crippen molar-refractivity contribution in [3.05, 3.63) is 41.6 Å². The summed E-state index contributed by atoms with van der Waals surface area (Å²) in [4.78, 5) is 18.2. The number of benzene rings is 1. The van der Waals surface area contributed by atoms with Crippen molar-refractivity contribution in [3.63, 3.8) is 0 Å². The number of halogens is 4. The minimum absolute atomic E-state index is 0.124. The van der Waals surface area contributed by atoms with E-state index in [-0.39, 0.29) is 37.6 Å². The Morgan fingerprint density at radius 2 is 1.82 bits per heavy atom. The predicted octanol–water partition coefficient (Wildman–Crippen LogP) is 4.32. The van der Waals surface area contributed by atoms with Crippen molar-refractivity contribution in [2.45, 2.75) is 31.7 Å². The SMILES string of the molecule is CSNc1ccn(C(=O)N2CCN(Cc3ccc(C(F)(F)F)c(N4CCC(F)CC4)c3)CC2)n1. The quantitative estimate of drug-likeness (QED) is 0.488. The zero-order chi connectivity index (χ0) is 24.3. The van der Waals surface area contributed by atoms with Crippen LogP contribution in [-0.2, 0) is 12.7 Å². The van der Waals surface area contributed by atoms with E-state index in [2.05, 4.69) is 14.7 Å². The van der Waals surface area contributed by atoms with Crippen LogP contribution in [0.4, 0.5) is 33.9 Å². The molecular weight excluding hydrogens is 472 g/mol. The first-order chi connectivity index (χ1) is 16.2. The summed E-state index contributed by atoms with van der Waals surface area (Å²) in [6, 6.07) is 5.74. The molecule has 2 aliphatic rings. The highest BCUT2D eigenvalue weighted by molar-refractivity contribution is 7.99. The van der Waals surface area contributed by atoms with Gasteiger partial charge in [0.15, 0.2) is 5.82 Å². The molecule has 2 fully saturated rings. The second kappa shape index (κ2) is 10.4. The van der Waals surface area contributed by atoms with Gasteiger partial charge < -0.3 is 14.5 Å². The van der Waals surface area contributed by atoms with Gasteiger partial charge in [-0.15, -0.1) is 5.10 Å². The highest BCUT2D eigenvalue weighted by Crippen LogP contribution is 2.38. The second-order valence-corrected chi connectivity index (χ2v) is 9.12. The summed E-state index contributed by atoms with van der Waals surface area (Å²) in [7, 11) is 0. The maximum atomic E-state index is 13.6. The van der Waals surface area contributed by atoms with Crippen molar-refractivity contribution in [2.75, 3.05) is 55.1 Å². The highest BCUT2D eigenvalue weighted by Gasteiger charge is 2.36. The number of carbonyl (C=O) groups is 1. The van der Waals surface area contributed by atoms with Crippen molar-refractivity contribution < 1.29 is 22.4 Å². The molecule has 0 radical (unpaired) electrons. The minimum Gasteiger partial charge on any atom is -0.371 e. The maximum absolute atomic E-state index is 13.6. The molecule has 186 valence electrons. The lowest BCUT2D eigenvalue weighted by atomic mass is 10.0. The van der Waals surface area contributed by atoms with Crippen molar-refractivity contribution >= 4 is 29.5 Å². The molecule has 0 saturated carbocycles. The number of nitrogens with one attached hydrogen (secondary N) is 1. The van der Waals surface area contributed by atoms with E-state index in [1.54, 1.807) is 28.1 Å². The Kier molecular flexibility index (Phi) is 7.56. The number of amides is 1. The first-order valence-electron chi connectivity index (χ1n) is 11.2. The van der Waals surface area contributed by atoms with Crippen molar-refractivity contribution in [2.24, 2.45) is 0 Å². The van der Waals surface area contributed by atoms with E-state index < -0.39 is 17.9 Å². The molecule has 0 bridgehead atoms. The average Bonchev–Trinajstić information content (AvgIpc) is 3.28. The number of piperidine rings is 1. The average molecular weight is 501 g/mol.